The lowest BCUT2D eigenvalue weighted by Crippen LogP contribution is -2.50. The van der Waals surface area contributed by atoms with Gasteiger partial charge < -0.3 is 4.74 Å². The van der Waals surface area contributed by atoms with Crippen molar-refractivity contribution in [3.8, 4) is 5.75 Å². The van der Waals surface area contributed by atoms with E-state index in [0.717, 1.165) is 35.7 Å². The van der Waals surface area contributed by atoms with E-state index in [4.69, 9.17) is 4.74 Å². The molecule has 4 aliphatic rings. The standard InChI is InChI=1S/C17H20O2/c18-10-11-2-1-3-16(9-11)19-17-14-5-12-4-13(7-14)8-15(17)6-12/h1-3,9-10,12-15,17H,4-8H2. The second-order valence-electron chi connectivity index (χ2n) is 6.70. The van der Waals surface area contributed by atoms with Gasteiger partial charge in [-0.15, -0.1) is 0 Å². The highest BCUT2D eigenvalue weighted by atomic mass is 16.5. The number of carbonyl (C=O) groups excluding carboxylic acids is 1. The van der Waals surface area contributed by atoms with Crippen LogP contribution in [0.1, 0.15) is 42.5 Å². The zero-order chi connectivity index (χ0) is 12.8. The van der Waals surface area contributed by atoms with Gasteiger partial charge in [-0.1, -0.05) is 12.1 Å². The minimum absolute atomic E-state index is 0.398. The molecule has 0 atom stereocenters. The summed E-state index contributed by atoms with van der Waals surface area (Å²) >= 11 is 0. The fourth-order valence-electron chi connectivity index (χ4n) is 4.89. The van der Waals surface area contributed by atoms with E-state index < -0.39 is 0 Å². The Labute approximate surface area is 114 Å². The molecular formula is C17H20O2. The average molecular weight is 256 g/mol. The molecule has 4 saturated carbocycles. The molecule has 2 heteroatoms. The average Bonchev–Trinajstić information content (AvgIpc) is 2.42. The maximum absolute atomic E-state index is 10.8. The van der Waals surface area contributed by atoms with Crippen LogP contribution in [-0.4, -0.2) is 12.4 Å². The molecule has 0 unspecified atom stereocenters. The van der Waals surface area contributed by atoms with Gasteiger partial charge in [0.05, 0.1) is 0 Å². The number of aldehydes is 1. The summed E-state index contributed by atoms with van der Waals surface area (Å²) in [6.45, 7) is 0. The molecule has 19 heavy (non-hydrogen) atoms. The van der Waals surface area contributed by atoms with Crippen molar-refractivity contribution in [2.24, 2.45) is 23.7 Å². The van der Waals surface area contributed by atoms with Gasteiger partial charge in [-0.25, -0.2) is 0 Å². The van der Waals surface area contributed by atoms with Gasteiger partial charge in [0.15, 0.2) is 0 Å². The summed E-state index contributed by atoms with van der Waals surface area (Å²) in [5.41, 5.74) is 0.710. The number of hydrogen-bond donors (Lipinski definition) is 0. The van der Waals surface area contributed by atoms with Gasteiger partial charge in [0.2, 0.25) is 0 Å². The van der Waals surface area contributed by atoms with Crippen molar-refractivity contribution in [2.45, 2.75) is 38.2 Å². The lowest BCUT2D eigenvalue weighted by Gasteiger charge is -2.53. The summed E-state index contributed by atoms with van der Waals surface area (Å²) in [7, 11) is 0. The first-order valence-electron chi connectivity index (χ1n) is 7.53. The third-order valence-corrected chi connectivity index (χ3v) is 5.41. The number of benzene rings is 1. The number of hydrogen-bond acceptors (Lipinski definition) is 2. The van der Waals surface area contributed by atoms with E-state index in [9.17, 15) is 4.79 Å². The zero-order valence-corrected chi connectivity index (χ0v) is 11.1. The molecule has 100 valence electrons. The van der Waals surface area contributed by atoms with Gasteiger partial charge in [-0.3, -0.25) is 4.79 Å². The van der Waals surface area contributed by atoms with Crippen LogP contribution in [0, 0.1) is 23.7 Å². The lowest BCUT2D eigenvalue weighted by molar-refractivity contribution is -0.0789. The van der Waals surface area contributed by atoms with Crippen molar-refractivity contribution < 1.29 is 9.53 Å². The smallest absolute Gasteiger partial charge is 0.150 e. The van der Waals surface area contributed by atoms with Crippen LogP contribution in [0.15, 0.2) is 24.3 Å². The van der Waals surface area contributed by atoms with E-state index in [1.165, 1.54) is 32.1 Å². The zero-order valence-electron chi connectivity index (χ0n) is 11.1. The summed E-state index contributed by atoms with van der Waals surface area (Å²) < 4.78 is 6.27. The van der Waals surface area contributed by atoms with E-state index in [2.05, 4.69) is 0 Å². The Morgan fingerprint density at radius 3 is 2.32 bits per heavy atom. The summed E-state index contributed by atoms with van der Waals surface area (Å²) in [5.74, 6) is 4.35. The van der Waals surface area contributed by atoms with Crippen molar-refractivity contribution in [3.05, 3.63) is 29.8 Å². The molecule has 0 spiro atoms. The molecular weight excluding hydrogens is 236 g/mol. The monoisotopic (exact) mass is 256 g/mol. The van der Waals surface area contributed by atoms with E-state index in [1.807, 2.05) is 24.3 Å². The molecule has 1 aromatic carbocycles. The molecule has 4 fully saturated rings. The molecule has 4 bridgehead atoms. The first-order valence-corrected chi connectivity index (χ1v) is 7.53. The van der Waals surface area contributed by atoms with Gasteiger partial charge >= 0.3 is 0 Å². The van der Waals surface area contributed by atoms with E-state index in [0.29, 0.717) is 11.7 Å². The predicted octanol–water partition coefficient (Wildman–Crippen LogP) is 3.70. The second kappa shape index (κ2) is 4.36. The van der Waals surface area contributed by atoms with Crippen molar-refractivity contribution in [2.75, 3.05) is 0 Å². The van der Waals surface area contributed by atoms with Gasteiger partial charge in [0.1, 0.15) is 18.1 Å². The van der Waals surface area contributed by atoms with Crippen LogP contribution < -0.4 is 4.74 Å². The molecule has 0 aromatic heterocycles. The Hall–Kier alpha value is -1.31. The molecule has 1 aromatic rings. The van der Waals surface area contributed by atoms with Crippen LogP contribution in [0.4, 0.5) is 0 Å². The minimum atomic E-state index is 0.398. The fraction of sp³-hybridized carbons (Fsp3) is 0.588. The number of carbonyl (C=O) groups is 1. The van der Waals surface area contributed by atoms with Gasteiger partial charge in [0.25, 0.3) is 0 Å². The van der Waals surface area contributed by atoms with E-state index in [1.54, 1.807) is 0 Å². The first-order chi connectivity index (χ1) is 9.31. The first kappa shape index (κ1) is 11.5. The van der Waals surface area contributed by atoms with Crippen LogP contribution in [-0.2, 0) is 0 Å². The van der Waals surface area contributed by atoms with Crippen LogP contribution in [0.5, 0.6) is 5.75 Å². The maximum Gasteiger partial charge on any atom is 0.150 e. The van der Waals surface area contributed by atoms with E-state index in [-0.39, 0.29) is 0 Å². The van der Waals surface area contributed by atoms with Crippen LogP contribution in [0.2, 0.25) is 0 Å². The van der Waals surface area contributed by atoms with Gasteiger partial charge in [0, 0.05) is 5.56 Å². The Morgan fingerprint density at radius 2 is 1.68 bits per heavy atom. The highest BCUT2D eigenvalue weighted by Crippen LogP contribution is 2.54. The van der Waals surface area contributed by atoms with Crippen molar-refractivity contribution >= 4 is 6.29 Å². The third kappa shape index (κ3) is 1.98. The van der Waals surface area contributed by atoms with Crippen molar-refractivity contribution in [3.63, 3.8) is 0 Å². The van der Waals surface area contributed by atoms with Crippen LogP contribution >= 0.6 is 0 Å². The summed E-state index contributed by atoms with van der Waals surface area (Å²) in [5, 5.41) is 0. The summed E-state index contributed by atoms with van der Waals surface area (Å²) in [4.78, 5) is 10.8. The molecule has 0 amide bonds. The molecule has 0 aliphatic heterocycles. The largest absolute Gasteiger partial charge is 0.490 e. The minimum Gasteiger partial charge on any atom is -0.490 e. The molecule has 5 rings (SSSR count). The normalized spacial score (nSPS) is 39.3. The predicted molar refractivity (Wildman–Crippen MR) is 73.3 cm³/mol. The Bertz CT molecular complexity index is 466. The van der Waals surface area contributed by atoms with Crippen molar-refractivity contribution in [1.29, 1.82) is 0 Å². The van der Waals surface area contributed by atoms with E-state index >= 15 is 0 Å². The molecule has 2 nitrogen and oxygen atoms in total. The molecule has 4 aliphatic carbocycles. The highest BCUT2D eigenvalue weighted by molar-refractivity contribution is 5.75. The topological polar surface area (TPSA) is 26.3 Å². The Kier molecular flexibility index (Phi) is 2.64. The molecule has 0 N–H and O–H groups in total. The van der Waals surface area contributed by atoms with Gasteiger partial charge in [-0.05, 0) is 67.9 Å². The van der Waals surface area contributed by atoms with Crippen molar-refractivity contribution in [1.82, 2.24) is 0 Å². The lowest BCUT2D eigenvalue weighted by atomic mass is 9.55. The number of rotatable bonds is 3. The van der Waals surface area contributed by atoms with Gasteiger partial charge in [-0.2, -0.15) is 0 Å². The molecule has 0 saturated heterocycles. The fourth-order valence-corrected chi connectivity index (χ4v) is 4.89. The highest BCUT2D eigenvalue weighted by Gasteiger charge is 2.49. The maximum atomic E-state index is 10.8. The van der Waals surface area contributed by atoms with Crippen LogP contribution in [0.25, 0.3) is 0 Å². The quantitative estimate of drug-likeness (QED) is 0.771. The summed E-state index contributed by atoms with van der Waals surface area (Å²) in [6.07, 6.45) is 8.23. The second-order valence-corrected chi connectivity index (χ2v) is 6.70. The third-order valence-electron chi connectivity index (χ3n) is 5.41. The Balaban J connectivity index is 1.55. The SMILES string of the molecule is O=Cc1cccc(OC2C3CC4CC(C3)CC2C4)c1. The molecule has 0 heterocycles. The van der Waals surface area contributed by atoms with Crippen LogP contribution in [0.3, 0.4) is 0 Å². The summed E-state index contributed by atoms with van der Waals surface area (Å²) in [6, 6.07) is 7.60. The number of ether oxygens (including phenoxy) is 1. The molecule has 0 radical (unpaired) electrons. The Morgan fingerprint density at radius 1 is 1.00 bits per heavy atom.